The largest absolute Gasteiger partial charge is 0.478 e. The highest BCUT2D eigenvalue weighted by Gasteiger charge is 2.26. The summed E-state index contributed by atoms with van der Waals surface area (Å²) in [6, 6.07) is 1.05. The average Bonchev–Trinajstić information content (AvgIpc) is 2.18. The molecule has 0 bridgehead atoms. The van der Waals surface area contributed by atoms with Crippen LogP contribution in [-0.2, 0) is 6.14 Å². The van der Waals surface area contributed by atoms with Gasteiger partial charge in [0.1, 0.15) is 3.57 Å². The second-order valence-corrected chi connectivity index (χ2v) is 6.70. The predicted octanol–water partition coefficient (Wildman–Crippen LogP) is 2.98. The van der Waals surface area contributed by atoms with E-state index in [-0.39, 0.29) is 18.1 Å². The zero-order valence-electron chi connectivity index (χ0n) is 7.74. The minimum absolute atomic E-state index is 0.0642. The minimum atomic E-state index is -4.07. The van der Waals surface area contributed by atoms with Crippen molar-refractivity contribution in [2.75, 3.05) is 0 Å². The summed E-state index contributed by atoms with van der Waals surface area (Å²) in [5.41, 5.74) is -0.886. The molecule has 0 aromatic heterocycles. The highest BCUT2D eigenvalue weighted by atomic mass is 127. The van der Waals surface area contributed by atoms with E-state index in [0.29, 0.717) is 0 Å². The number of rotatable bonds is 3. The summed E-state index contributed by atoms with van der Waals surface area (Å²) in [7, 11) is 0. The van der Waals surface area contributed by atoms with Crippen molar-refractivity contribution >= 4 is 63.6 Å². The quantitative estimate of drug-likeness (QED) is 0.507. The van der Waals surface area contributed by atoms with Gasteiger partial charge in [0, 0.05) is 8.95 Å². The summed E-state index contributed by atoms with van der Waals surface area (Å²) >= 11 is 1.59. The number of benzene rings is 1. The third-order valence-corrected chi connectivity index (χ3v) is 5.95. The van der Waals surface area contributed by atoms with Gasteiger partial charge in [-0.05, 0) is 37.9 Å². The van der Waals surface area contributed by atoms with Gasteiger partial charge in [0.2, 0.25) is 0 Å². The Morgan fingerprint density at radius 1 is 1.12 bits per heavy atom. The van der Waals surface area contributed by atoms with Crippen molar-refractivity contribution in [3.8, 4) is 0 Å². The van der Waals surface area contributed by atoms with Crippen molar-refractivity contribution < 1.29 is 25.9 Å². The minimum Gasteiger partial charge on any atom is -0.478 e. The molecule has 0 spiro atoms. The third-order valence-electron chi connectivity index (χ3n) is 1.75. The molecule has 0 atom stereocenters. The number of carboxylic acid groups (broad SMARTS) is 2. The number of carboxylic acids is 2. The molecule has 0 saturated heterocycles. The third kappa shape index (κ3) is 2.83. The van der Waals surface area contributed by atoms with Crippen molar-refractivity contribution in [1.29, 1.82) is 0 Å². The Hall–Kier alpha value is -0.550. The van der Waals surface area contributed by atoms with E-state index in [2.05, 4.69) is 31.9 Å². The molecule has 17 heavy (non-hydrogen) atoms. The molecule has 92 valence electrons. The first-order valence-electron chi connectivity index (χ1n) is 3.81. The van der Waals surface area contributed by atoms with E-state index >= 15 is 0 Å². The van der Waals surface area contributed by atoms with Gasteiger partial charge in [-0.3, -0.25) is 0 Å². The van der Waals surface area contributed by atoms with Crippen LogP contribution in [0.3, 0.4) is 0 Å². The van der Waals surface area contributed by atoms with Gasteiger partial charge < -0.3 is 10.2 Å². The number of halogens is 3. The Balaban J connectivity index is 3.84. The average molecular weight is 482 g/mol. The van der Waals surface area contributed by atoms with Gasteiger partial charge in [0.15, 0.2) is 0 Å². The highest BCUT2D eigenvalue weighted by Crippen LogP contribution is 2.36. The van der Waals surface area contributed by atoms with E-state index in [1.165, 1.54) is 0 Å². The van der Waals surface area contributed by atoms with Crippen LogP contribution >= 0.6 is 51.7 Å². The molecule has 0 aliphatic heterocycles. The van der Waals surface area contributed by atoms with Crippen molar-refractivity contribution in [3.63, 3.8) is 0 Å². The number of aromatic carboxylic acids is 2. The summed E-state index contributed by atoms with van der Waals surface area (Å²) in [4.78, 5) is 21.8. The van der Waals surface area contributed by atoms with Gasteiger partial charge in [-0.2, -0.15) is 0 Å². The second kappa shape index (κ2) is 5.40. The molecule has 0 heterocycles. The molecule has 2 N–H and O–H groups in total. The second-order valence-electron chi connectivity index (χ2n) is 2.74. The fourth-order valence-electron chi connectivity index (χ4n) is 1.10. The van der Waals surface area contributed by atoms with Crippen LogP contribution in [0, 0.1) is 3.57 Å². The molecule has 0 fully saturated rings. The predicted molar refractivity (Wildman–Crippen MR) is 69.9 cm³/mol. The Morgan fingerprint density at radius 2 is 1.65 bits per heavy atom. The van der Waals surface area contributed by atoms with Gasteiger partial charge in [-0.1, -0.05) is 0 Å². The van der Waals surface area contributed by atoms with Crippen LogP contribution < -0.4 is 0 Å². The van der Waals surface area contributed by atoms with Gasteiger partial charge in [-0.25, -0.2) is 15.7 Å². The molecule has 0 saturated carbocycles. The van der Waals surface area contributed by atoms with E-state index in [9.17, 15) is 15.7 Å². The topological polar surface area (TPSA) is 109 Å². The van der Waals surface area contributed by atoms with E-state index in [1.54, 1.807) is 0 Å². The molecule has 6 nitrogen and oxygen atoms in total. The van der Waals surface area contributed by atoms with Crippen molar-refractivity contribution in [2.24, 2.45) is 0 Å². The normalized spacial score (nSPS) is 10.5. The first-order valence-corrected chi connectivity index (χ1v) is 8.23. The lowest BCUT2D eigenvalue weighted by Gasteiger charge is -2.07. The number of hydrogen-bond donors (Lipinski definition) is 2. The Morgan fingerprint density at radius 3 is 2.00 bits per heavy atom. The maximum Gasteiger partial charge on any atom is 0.342 e. The SMILES string of the molecule is O=C(O)c1cc(Br)c(I(=O)=O)c(C(=O)O)c1Br. The first-order chi connectivity index (χ1) is 7.77. The molecule has 0 aliphatic rings. The van der Waals surface area contributed by atoms with Crippen LogP contribution in [-0.4, -0.2) is 22.2 Å². The molecule has 1 rings (SSSR count). The maximum atomic E-state index is 11.0. The molecule has 0 unspecified atom stereocenters. The van der Waals surface area contributed by atoms with Crippen LogP contribution in [0.2, 0.25) is 0 Å². The van der Waals surface area contributed by atoms with Crippen LogP contribution in [0.1, 0.15) is 20.7 Å². The zero-order valence-corrected chi connectivity index (χ0v) is 13.1. The summed E-state index contributed by atoms with van der Waals surface area (Å²) < 4.78 is 21.4. The molecule has 9 heteroatoms. The van der Waals surface area contributed by atoms with Crippen molar-refractivity contribution in [3.05, 3.63) is 29.7 Å². The lowest BCUT2D eigenvalue weighted by atomic mass is 10.1. The number of hydrogen-bond acceptors (Lipinski definition) is 4. The summed E-state index contributed by atoms with van der Waals surface area (Å²) in [5, 5.41) is 17.8. The smallest absolute Gasteiger partial charge is 0.342 e. The fraction of sp³-hybridized carbons (Fsp3) is 0. The van der Waals surface area contributed by atoms with Crippen LogP contribution in [0.5, 0.6) is 0 Å². The fourth-order valence-corrected chi connectivity index (χ4v) is 4.89. The van der Waals surface area contributed by atoms with Crippen molar-refractivity contribution in [1.82, 2.24) is 0 Å². The monoisotopic (exact) mass is 480 g/mol. The van der Waals surface area contributed by atoms with E-state index in [1.807, 2.05) is 0 Å². The Kier molecular flexibility index (Phi) is 4.61. The van der Waals surface area contributed by atoms with Gasteiger partial charge in [0.25, 0.3) is 0 Å². The summed E-state index contributed by atoms with van der Waals surface area (Å²) in [5.74, 6) is -2.87. The first kappa shape index (κ1) is 14.5. The van der Waals surface area contributed by atoms with Crippen LogP contribution in [0.15, 0.2) is 15.0 Å². The van der Waals surface area contributed by atoms with Crippen LogP contribution in [0.25, 0.3) is 0 Å². The summed E-state index contributed by atoms with van der Waals surface area (Å²) in [6.45, 7) is 0. The molecule has 1 aromatic rings. The highest BCUT2D eigenvalue weighted by molar-refractivity contribution is 14.2. The molecular weight excluding hydrogens is 479 g/mol. The molecule has 0 amide bonds. The maximum absolute atomic E-state index is 11.0. The lowest BCUT2D eigenvalue weighted by molar-refractivity contribution is 0.0694. The summed E-state index contributed by atoms with van der Waals surface area (Å²) in [6.07, 6.45) is 0. The van der Waals surface area contributed by atoms with E-state index < -0.39 is 37.3 Å². The standard InChI is InChI=1S/C8H3Br2IO6/c9-3-1-2(7(12)13)5(10)4(8(14)15)6(3)11(16)17/h1H,(H,12,13)(H,14,15). The Labute approximate surface area is 118 Å². The molecule has 1 aromatic carbocycles. The van der Waals surface area contributed by atoms with Gasteiger partial charge in [-0.15, -0.1) is 0 Å². The van der Waals surface area contributed by atoms with E-state index in [0.717, 1.165) is 6.07 Å². The van der Waals surface area contributed by atoms with Crippen molar-refractivity contribution in [2.45, 2.75) is 0 Å². The van der Waals surface area contributed by atoms with Gasteiger partial charge >= 0.3 is 31.7 Å². The molecular formula is C8H3Br2IO6. The molecule has 0 aliphatic carbocycles. The zero-order chi connectivity index (χ0) is 13.3. The number of carbonyl (C=O) groups is 2. The van der Waals surface area contributed by atoms with Crippen LogP contribution in [0.4, 0.5) is 0 Å². The Bertz CT molecular complexity index is 584. The van der Waals surface area contributed by atoms with Gasteiger partial charge in [0.05, 0.1) is 11.1 Å². The lowest BCUT2D eigenvalue weighted by Crippen LogP contribution is -2.08. The van der Waals surface area contributed by atoms with E-state index in [4.69, 9.17) is 10.2 Å². The molecule has 0 radical (unpaired) electrons.